The molecule has 0 bridgehead atoms. The minimum Gasteiger partial charge on any atom is -0.325 e. The van der Waals surface area contributed by atoms with Gasteiger partial charge in [-0.25, -0.2) is 9.37 Å². The molecule has 1 amide bonds. The highest BCUT2D eigenvalue weighted by Gasteiger charge is 2.18. The van der Waals surface area contributed by atoms with Gasteiger partial charge >= 0.3 is 0 Å². The van der Waals surface area contributed by atoms with E-state index < -0.39 is 11.1 Å². The van der Waals surface area contributed by atoms with E-state index in [9.17, 15) is 14.0 Å². The molecule has 2 N–H and O–H groups in total. The second kappa shape index (κ2) is 8.13. The minimum atomic E-state index is -0.471. The predicted molar refractivity (Wildman–Crippen MR) is 102 cm³/mol. The Kier molecular flexibility index (Phi) is 5.66. The smallest absolute Gasteiger partial charge is 0.237 e. The standard InChI is InChI=1S/C19H17FN4O2S/c1-11(25)13-7-9-14(10-8-13)21-18(26)12(2)27-19-22-17(23-24-19)15-5-3-4-6-16(15)20/h3-10,12H,1-2H3,(H,21,26)(H,22,23,24)/t12-/m1/s1. The third kappa shape index (κ3) is 4.59. The van der Waals surface area contributed by atoms with Crippen molar-refractivity contribution in [1.29, 1.82) is 0 Å². The van der Waals surface area contributed by atoms with Crippen LogP contribution in [-0.2, 0) is 4.79 Å². The lowest BCUT2D eigenvalue weighted by atomic mass is 10.1. The van der Waals surface area contributed by atoms with Crippen molar-refractivity contribution < 1.29 is 14.0 Å². The number of anilines is 1. The quantitative estimate of drug-likeness (QED) is 0.497. The molecule has 6 nitrogen and oxygen atoms in total. The normalized spacial score (nSPS) is 11.8. The molecule has 3 aromatic rings. The Labute approximate surface area is 159 Å². The first kappa shape index (κ1) is 18.8. The highest BCUT2D eigenvalue weighted by molar-refractivity contribution is 8.00. The number of nitrogens with one attached hydrogen (secondary N) is 2. The number of rotatable bonds is 6. The summed E-state index contributed by atoms with van der Waals surface area (Å²) >= 11 is 1.16. The fourth-order valence-corrected chi connectivity index (χ4v) is 3.04. The number of amides is 1. The molecule has 1 atom stereocenters. The van der Waals surface area contributed by atoms with E-state index in [0.717, 1.165) is 11.8 Å². The summed E-state index contributed by atoms with van der Waals surface area (Å²) < 4.78 is 13.8. The number of nitrogens with zero attached hydrogens (tertiary/aromatic N) is 2. The number of hydrogen-bond donors (Lipinski definition) is 2. The van der Waals surface area contributed by atoms with Gasteiger partial charge in [-0.05, 0) is 50.2 Å². The zero-order chi connectivity index (χ0) is 19.4. The van der Waals surface area contributed by atoms with Gasteiger partial charge < -0.3 is 5.32 Å². The van der Waals surface area contributed by atoms with Crippen LogP contribution in [0.4, 0.5) is 10.1 Å². The second-order valence-corrected chi connectivity index (χ2v) is 7.14. The van der Waals surface area contributed by atoms with E-state index in [-0.39, 0.29) is 11.7 Å². The fraction of sp³-hybridized carbons (Fsp3) is 0.158. The van der Waals surface area contributed by atoms with Gasteiger partial charge in [0.05, 0.1) is 10.8 Å². The summed E-state index contributed by atoms with van der Waals surface area (Å²) in [6.45, 7) is 3.21. The molecule has 0 aliphatic heterocycles. The molecule has 0 radical (unpaired) electrons. The number of halogens is 1. The van der Waals surface area contributed by atoms with Crippen molar-refractivity contribution in [3.63, 3.8) is 0 Å². The van der Waals surface area contributed by atoms with Gasteiger partial charge in [0.15, 0.2) is 11.6 Å². The number of Topliss-reactive ketones (excluding diaryl/α,β-unsaturated/α-hetero) is 1. The molecule has 0 saturated carbocycles. The van der Waals surface area contributed by atoms with Crippen LogP contribution in [0.1, 0.15) is 24.2 Å². The number of carbonyl (C=O) groups excluding carboxylic acids is 2. The molecule has 0 fully saturated rings. The minimum absolute atomic E-state index is 0.0351. The summed E-state index contributed by atoms with van der Waals surface area (Å²) in [5, 5.41) is 9.38. The molecule has 2 aromatic carbocycles. The van der Waals surface area contributed by atoms with Gasteiger partial charge in [-0.2, -0.15) is 0 Å². The molecule has 138 valence electrons. The van der Waals surface area contributed by atoms with E-state index in [1.807, 2.05) is 0 Å². The average molecular weight is 384 g/mol. The van der Waals surface area contributed by atoms with Crippen molar-refractivity contribution in [1.82, 2.24) is 15.2 Å². The molecule has 0 unspecified atom stereocenters. The third-order valence-electron chi connectivity index (χ3n) is 3.80. The maximum atomic E-state index is 13.8. The zero-order valence-corrected chi connectivity index (χ0v) is 15.5. The maximum Gasteiger partial charge on any atom is 0.237 e. The first-order chi connectivity index (χ1) is 12.9. The Bertz CT molecular complexity index is 972. The summed E-state index contributed by atoms with van der Waals surface area (Å²) in [7, 11) is 0. The topological polar surface area (TPSA) is 87.7 Å². The Morgan fingerprint density at radius 3 is 2.52 bits per heavy atom. The molecule has 0 aliphatic carbocycles. The van der Waals surface area contributed by atoms with Crippen LogP contribution in [0, 0.1) is 5.82 Å². The lowest BCUT2D eigenvalue weighted by molar-refractivity contribution is -0.115. The van der Waals surface area contributed by atoms with E-state index >= 15 is 0 Å². The van der Waals surface area contributed by atoms with Crippen molar-refractivity contribution in [2.45, 2.75) is 24.3 Å². The van der Waals surface area contributed by atoms with Gasteiger partial charge in [0, 0.05) is 11.3 Å². The van der Waals surface area contributed by atoms with Gasteiger partial charge in [-0.15, -0.1) is 5.10 Å². The molecule has 27 heavy (non-hydrogen) atoms. The Hall–Kier alpha value is -3.00. The van der Waals surface area contributed by atoms with Crippen LogP contribution in [0.2, 0.25) is 0 Å². The van der Waals surface area contributed by atoms with Gasteiger partial charge in [0.1, 0.15) is 5.82 Å². The van der Waals surface area contributed by atoms with E-state index in [1.54, 1.807) is 49.4 Å². The van der Waals surface area contributed by atoms with Gasteiger partial charge in [-0.3, -0.25) is 14.7 Å². The summed E-state index contributed by atoms with van der Waals surface area (Å²) in [5.41, 5.74) is 1.50. The molecule has 0 aliphatic rings. The van der Waals surface area contributed by atoms with Crippen LogP contribution in [0.5, 0.6) is 0 Å². The van der Waals surface area contributed by atoms with Gasteiger partial charge in [-0.1, -0.05) is 23.9 Å². The van der Waals surface area contributed by atoms with E-state index in [0.29, 0.717) is 27.8 Å². The number of carbonyl (C=O) groups is 2. The number of aromatic amines is 1. The lowest BCUT2D eigenvalue weighted by Crippen LogP contribution is -2.22. The fourth-order valence-electron chi connectivity index (χ4n) is 2.32. The lowest BCUT2D eigenvalue weighted by Gasteiger charge is -2.10. The SMILES string of the molecule is CC(=O)c1ccc(NC(=O)[C@@H](C)Sc2n[nH]c(-c3ccccc3F)n2)cc1. The van der Waals surface area contributed by atoms with Crippen molar-refractivity contribution in [3.8, 4) is 11.4 Å². The summed E-state index contributed by atoms with van der Waals surface area (Å²) in [6, 6.07) is 12.9. The van der Waals surface area contributed by atoms with Crippen molar-refractivity contribution in [3.05, 3.63) is 59.9 Å². The van der Waals surface area contributed by atoms with E-state index in [1.165, 1.54) is 13.0 Å². The van der Waals surface area contributed by atoms with Crippen molar-refractivity contribution in [2.24, 2.45) is 0 Å². The number of thioether (sulfide) groups is 1. The number of hydrogen-bond acceptors (Lipinski definition) is 5. The Balaban J connectivity index is 1.63. The number of ketones is 1. The third-order valence-corrected chi connectivity index (χ3v) is 4.77. The number of aromatic nitrogens is 3. The molecule has 8 heteroatoms. The maximum absolute atomic E-state index is 13.8. The zero-order valence-electron chi connectivity index (χ0n) is 14.7. The van der Waals surface area contributed by atoms with Crippen molar-refractivity contribution >= 4 is 29.1 Å². The Morgan fingerprint density at radius 2 is 1.85 bits per heavy atom. The molecule has 3 rings (SSSR count). The molecular weight excluding hydrogens is 367 g/mol. The van der Waals surface area contributed by atoms with Crippen molar-refractivity contribution in [2.75, 3.05) is 5.32 Å². The first-order valence-corrected chi connectivity index (χ1v) is 9.08. The van der Waals surface area contributed by atoms with Crippen LogP contribution < -0.4 is 5.32 Å². The van der Waals surface area contributed by atoms with Crippen LogP contribution in [0.25, 0.3) is 11.4 Å². The monoisotopic (exact) mass is 384 g/mol. The summed E-state index contributed by atoms with van der Waals surface area (Å²) in [4.78, 5) is 27.9. The number of benzene rings is 2. The van der Waals surface area contributed by atoms with Crippen LogP contribution in [-0.4, -0.2) is 32.1 Å². The number of H-pyrrole nitrogens is 1. The van der Waals surface area contributed by atoms with Crippen LogP contribution >= 0.6 is 11.8 Å². The van der Waals surface area contributed by atoms with Gasteiger partial charge in [0.25, 0.3) is 0 Å². The first-order valence-electron chi connectivity index (χ1n) is 8.20. The predicted octanol–water partition coefficient (Wildman–Crippen LogP) is 3.93. The van der Waals surface area contributed by atoms with E-state index in [2.05, 4.69) is 20.5 Å². The highest BCUT2D eigenvalue weighted by atomic mass is 32.2. The summed E-state index contributed by atoms with van der Waals surface area (Å²) in [5.74, 6) is -0.354. The Morgan fingerprint density at radius 1 is 1.15 bits per heavy atom. The molecule has 1 heterocycles. The second-order valence-electron chi connectivity index (χ2n) is 5.83. The van der Waals surface area contributed by atoms with E-state index in [4.69, 9.17) is 0 Å². The molecule has 0 spiro atoms. The molecule has 0 saturated heterocycles. The van der Waals surface area contributed by atoms with Crippen LogP contribution in [0.15, 0.2) is 53.7 Å². The molecule has 1 aromatic heterocycles. The average Bonchev–Trinajstić information content (AvgIpc) is 3.10. The summed E-state index contributed by atoms with van der Waals surface area (Å²) in [6.07, 6.45) is 0. The molecular formula is C19H17FN4O2S. The van der Waals surface area contributed by atoms with Gasteiger partial charge in [0.2, 0.25) is 11.1 Å². The van der Waals surface area contributed by atoms with Crippen LogP contribution in [0.3, 0.4) is 0 Å². The largest absolute Gasteiger partial charge is 0.325 e. The highest BCUT2D eigenvalue weighted by Crippen LogP contribution is 2.25.